The molecule has 13 heteroatoms. The second-order valence-electron chi connectivity index (χ2n) is 5.77. The Morgan fingerprint density at radius 3 is 2.17 bits per heavy atom. The number of non-ortho nitro benzene ring substituents is 1. The topological polar surface area (TPSA) is 148 Å². The minimum Gasteiger partial charge on any atom is -1.00 e. The molecule has 0 saturated carbocycles. The molecule has 0 N–H and O–H groups in total. The number of carbonyl (C=O) groups is 3. The molecule has 1 fully saturated rings. The highest BCUT2D eigenvalue weighted by Gasteiger charge is 2.39. The predicted octanol–water partition coefficient (Wildman–Crippen LogP) is -1.90. The Morgan fingerprint density at radius 1 is 1.07 bits per heavy atom. The summed E-state index contributed by atoms with van der Waals surface area (Å²) < 4.78 is 1.32. The Hall–Kier alpha value is -3.93. The molecule has 0 atom stereocenters. The van der Waals surface area contributed by atoms with Crippen molar-refractivity contribution in [2.75, 3.05) is 11.4 Å². The van der Waals surface area contributed by atoms with Crippen molar-refractivity contribution in [1.29, 1.82) is 0 Å². The molecule has 4 amide bonds. The molecule has 1 aromatic carbocycles. The van der Waals surface area contributed by atoms with Crippen LogP contribution in [0.1, 0.15) is 6.92 Å². The van der Waals surface area contributed by atoms with E-state index >= 15 is 0 Å². The molecule has 0 spiro atoms. The van der Waals surface area contributed by atoms with Crippen LogP contribution in [0.2, 0.25) is 0 Å². The van der Waals surface area contributed by atoms with Gasteiger partial charge in [-0.3, -0.25) is 34.7 Å². The van der Waals surface area contributed by atoms with Crippen LogP contribution in [-0.4, -0.2) is 39.1 Å². The number of urea groups is 1. The lowest BCUT2D eigenvalue weighted by atomic mass is 10.2. The first-order valence-corrected chi connectivity index (χ1v) is 7.80. The Bertz CT molecular complexity index is 1040. The zero-order valence-corrected chi connectivity index (χ0v) is 15.5. The van der Waals surface area contributed by atoms with Gasteiger partial charge in [0.25, 0.3) is 17.3 Å². The molecule has 1 aliphatic rings. The van der Waals surface area contributed by atoms with E-state index < -0.39 is 39.1 Å². The Balaban J connectivity index is 0.00000300. The smallest absolute Gasteiger partial charge is 0.347 e. The summed E-state index contributed by atoms with van der Waals surface area (Å²) in [6.07, 6.45) is 2.72. The number of nitro benzene ring substituents is 2. The third kappa shape index (κ3) is 3.87. The zero-order valence-electron chi connectivity index (χ0n) is 14.7. The van der Waals surface area contributed by atoms with Gasteiger partial charge in [0.1, 0.15) is 12.6 Å². The van der Waals surface area contributed by atoms with Gasteiger partial charge in [-0.2, -0.15) is 4.57 Å². The van der Waals surface area contributed by atoms with Crippen molar-refractivity contribution in [2.45, 2.75) is 6.92 Å². The lowest BCUT2D eigenvalue weighted by Gasteiger charge is -2.13. The first-order chi connectivity index (χ1) is 13.2. The second kappa shape index (κ2) is 7.98. The third-order valence-electron chi connectivity index (χ3n) is 4.06. The fourth-order valence-electron chi connectivity index (χ4n) is 2.72. The SMILES string of the molecule is CC(=O)N1CC(=O)N(c2cc[n+](-c3ccc([N+](=O)[O-])cc3[N+](=O)[O-])cc2)C1=O.[Cl-]. The molecule has 150 valence electrons. The lowest BCUT2D eigenvalue weighted by Crippen LogP contribution is -3.00. The number of imide groups is 2. The molecule has 0 radical (unpaired) electrons. The van der Waals surface area contributed by atoms with E-state index in [1.807, 2.05) is 0 Å². The molecule has 12 nitrogen and oxygen atoms in total. The van der Waals surface area contributed by atoms with Crippen molar-refractivity contribution in [3.05, 3.63) is 63.0 Å². The molecule has 1 aliphatic heterocycles. The molecule has 1 aromatic heterocycles. The standard InChI is InChI=1S/C16H12N5O7.ClH/c1-10(22)18-9-15(23)19(16(18)24)11-4-6-17(7-5-11)13-3-2-12(20(25)26)8-14(13)21(27)28;/h2-8H,9H2,1H3;1H/q+1;/p-1. The summed E-state index contributed by atoms with van der Waals surface area (Å²) in [7, 11) is 0. The summed E-state index contributed by atoms with van der Waals surface area (Å²) in [6, 6.07) is 5.14. The first kappa shape index (κ1) is 21.4. The zero-order chi connectivity index (χ0) is 20.6. The molecule has 0 aliphatic carbocycles. The molecule has 2 heterocycles. The van der Waals surface area contributed by atoms with Crippen LogP contribution in [-0.2, 0) is 9.59 Å². The number of pyridine rings is 1. The largest absolute Gasteiger partial charge is 1.00 e. The maximum Gasteiger partial charge on any atom is 0.347 e. The quantitative estimate of drug-likeness (QED) is 0.242. The van der Waals surface area contributed by atoms with Gasteiger partial charge in [-0.15, -0.1) is 0 Å². The van der Waals surface area contributed by atoms with Gasteiger partial charge in [-0.25, -0.2) is 9.69 Å². The number of anilines is 1. The third-order valence-corrected chi connectivity index (χ3v) is 4.06. The summed E-state index contributed by atoms with van der Waals surface area (Å²) >= 11 is 0. The van der Waals surface area contributed by atoms with Crippen LogP contribution in [0.3, 0.4) is 0 Å². The molecule has 29 heavy (non-hydrogen) atoms. The van der Waals surface area contributed by atoms with E-state index in [1.54, 1.807) is 0 Å². The van der Waals surface area contributed by atoms with Gasteiger partial charge in [0.15, 0.2) is 12.4 Å². The Labute approximate surface area is 168 Å². The fraction of sp³-hybridized carbons (Fsp3) is 0.125. The molecular weight excluding hydrogens is 410 g/mol. The van der Waals surface area contributed by atoms with E-state index in [0.717, 1.165) is 21.9 Å². The van der Waals surface area contributed by atoms with Gasteiger partial charge >= 0.3 is 11.7 Å². The van der Waals surface area contributed by atoms with E-state index in [0.29, 0.717) is 0 Å². The minimum atomic E-state index is -0.781. The highest BCUT2D eigenvalue weighted by atomic mass is 35.5. The number of halogens is 1. The number of carbonyl (C=O) groups excluding carboxylic acids is 3. The van der Waals surface area contributed by atoms with Crippen LogP contribution in [0.4, 0.5) is 21.9 Å². The first-order valence-electron chi connectivity index (χ1n) is 7.80. The number of amides is 4. The van der Waals surface area contributed by atoms with Crippen LogP contribution < -0.4 is 21.9 Å². The average Bonchev–Trinajstić information content (AvgIpc) is 2.96. The summed E-state index contributed by atoms with van der Waals surface area (Å²) in [5.74, 6) is -1.15. The van der Waals surface area contributed by atoms with Crippen molar-refractivity contribution in [3.8, 4) is 5.69 Å². The summed E-state index contributed by atoms with van der Waals surface area (Å²) in [5.41, 5.74) is -0.667. The van der Waals surface area contributed by atoms with Gasteiger partial charge in [0.05, 0.1) is 15.5 Å². The monoisotopic (exact) mass is 421 g/mol. The minimum absolute atomic E-state index is 0. The molecular formula is C16H12ClN5O7. The Morgan fingerprint density at radius 2 is 1.69 bits per heavy atom. The van der Waals surface area contributed by atoms with Crippen LogP contribution in [0.25, 0.3) is 5.69 Å². The van der Waals surface area contributed by atoms with Crippen LogP contribution >= 0.6 is 0 Å². The molecule has 0 unspecified atom stereocenters. The van der Waals surface area contributed by atoms with Crippen LogP contribution in [0, 0.1) is 20.2 Å². The van der Waals surface area contributed by atoms with Crippen molar-refractivity contribution < 1.29 is 41.2 Å². The molecule has 3 rings (SSSR count). The summed E-state index contributed by atoms with van der Waals surface area (Å²) in [4.78, 5) is 57.9. The highest BCUT2D eigenvalue weighted by molar-refractivity contribution is 6.23. The van der Waals surface area contributed by atoms with E-state index in [2.05, 4.69) is 0 Å². The number of nitrogens with zero attached hydrogens (tertiary/aromatic N) is 5. The van der Waals surface area contributed by atoms with Crippen molar-refractivity contribution in [2.24, 2.45) is 0 Å². The lowest BCUT2D eigenvalue weighted by molar-refractivity contribution is -0.600. The predicted molar refractivity (Wildman–Crippen MR) is 91.6 cm³/mol. The summed E-state index contributed by atoms with van der Waals surface area (Å²) in [6.45, 7) is 0.804. The van der Waals surface area contributed by atoms with E-state index in [9.17, 15) is 34.6 Å². The molecule has 2 aromatic rings. The van der Waals surface area contributed by atoms with Crippen molar-refractivity contribution >= 4 is 34.9 Å². The maximum absolute atomic E-state index is 12.2. The van der Waals surface area contributed by atoms with Gasteiger partial charge < -0.3 is 12.4 Å². The van der Waals surface area contributed by atoms with Crippen molar-refractivity contribution in [3.63, 3.8) is 0 Å². The van der Waals surface area contributed by atoms with Gasteiger partial charge in [0.2, 0.25) is 5.91 Å². The average molecular weight is 422 g/mol. The second-order valence-corrected chi connectivity index (χ2v) is 5.77. The number of hydrogen-bond acceptors (Lipinski definition) is 7. The van der Waals surface area contributed by atoms with Gasteiger partial charge in [-0.1, -0.05) is 0 Å². The van der Waals surface area contributed by atoms with E-state index in [4.69, 9.17) is 0 Å². The van der Waals surface area contributed by atoms with Crippen molar-refractivity contribution in [1.82, 2.24) is 4.90 Å². The number of benzene rings is 1. The normalized spacial score (nSPS) is 13.3. The fourth-order valence-corrected chi connectivity index (χ4v) is 2.72. The molecule has 0 bridgehead atoms. The van der Waals surface area contributed by atoms with Gasteiger partial charge in [0, 0.05) is 31.2 Å². The van der Waals surface area contributed by atoms with E-state index in [-0.39, 0.29) is 30.3 Å². The number of rotatable bonds is 4. The van der Waals surface area contributed by atoms with Crippen LogP contribution in [0.15, 0.2) is 42.7 Å². The van der Waals surface area contributed by atoms with E-state index in [1.165, 1.54) is 42.1 Å². The van der Waals surface area contributed by atoms with Crippen LogP contribution in [0.5, 0.6) is 0 Å². The number of aromatic nitrogens is 1. The molecule has 1 saturated heterocycles. The highest BCUT2D eigenvalue weighted by Crippen LogP contribution is 2.25. The number of hydrogen-bond donors (Lipinski definition) is 0. The maximum atomic E-state index is 12.2. The van der Waals surface area contributed by atoms with Gasteiger partial charge in [-0.05, 0) is 0 Å². The summed E-state index contributed by atoms with van der Waals surface area (Å²) in [5, 5.41) is 22.1. The number of nitro groups is 2. The Kier molecular flexibility index (Phi) is 5.88.